The third kappa shape index (κ3) is 4.55. The second kappa shape index (κ2) is 8.40. The highest BCUT2D eigenvalue weighted by Crippen LogP contribution is 2.22. The number of thiazole rings is 1. The van der Waals surface area contributed by atoms with Crippen LogP contribution in [0.1, 0.15) is 22.3 Å². The number of aromatic nitrogens is 1. The lowest BCUT2D eigenvalue weighted by molar-refractivity contribution is -0.136. The minimum absolute atomic E-state index is 0.269. The minimum Gasteiger partial charge on any atom is -0.494 e. The molecule has 0 amide bonds. The van der Waals surface area contributed by atoms with Gasteiger partial charge in [-0.1, -0.05) is 12.1 Å². The van der Waals surface area contributed by atoms with Crippen LogP contribution in [0.15, 0.2) is 54.6 Å². The van der Waals surface area contributed by atoms with E-state index in [1.807, 2.05) is 31.2 Å². The van der Waals surface area contributed by atoms with E-state index in [1.54, 1.807) is 30.3 Å². The molecule has 1 aromatic heterocycles. The third-order valence-corrected chi connectivity index (χ3v) is 4.51. The van der Waals surface area contributed by atoms with E-state index < -0.39 is 5.97 Å². The van der Waals surface area contributed by atoms with E-state index in [9.17, 15) is 9.59 Å². The van der Waals surface area contributed by atoms with E-state index in [0.717, 1.165) is 10.2 Å². The van der Waals surface area contributed by atoms with E-state index >= 15 is 0 Å². The van der Waals surface area contributed by atoms with E-state index in [-0.39, 0.29) is 12.4 Å². The summed E-state index contributed by atoms with van der Waals surface area (Å²) in [7, 11) is 0. The first-order chi connectivity index (χ1) is 12.7. The Kier molecular flexibility index (Phi) is 5.76. The molecule has 0 saturated heterocycles. The molecule has 0 aliphatic rings. The van der Waals surface area contributed by atoms with Gasteiger partial charge < -0.3 is 9.47 Å². The van der Waals surface area contributed by atoms with Crippen molar-refractivity contribution >= 4 is 39.4 Å². The van der Waals surface area contributed by atoms with Crippen molar-refractivity contribution in [2.45, 2.75) is 6.92 Å². The highest BCUT2D eigenvalue weighted by Gasteiger charge is 2.09. The first-order valence-electron chi connectivity index (χ1n) is 8.12. The highest BCUT2D eigenvalue weighted by molar-refractivity contribution is 7.19. The van der Waals surface area contributed by atoms with Gasteiger partial charge in [-0.2, -0.15) is 0 Å². The molecule has 3 rings (SSSR count). The standard InChI is InChI=1S/C20H17NO4S/c1-2-24-15-9-7-14(8-10-15)17(22)13-25-20(23)12-11-19-21-16-5-3-4-6-18(16)26-19/h3-12H,2,13H2,1H3/b12-11+. The zero-order valence-electron chi connectivity index (χ0n) is 14.2. The topological polar surface area (TPSA) is 65.5 Å². The summed E-state index contributed by atoms with van der Waals surface area (Å²) in [5.41, 5.74) is 1.35. The van der Waals surface area contributed by atoms with Crippen LogP contribution >= 0.6 is 11.3 Å². The molecule has 0 bridgehead atoms. The lowest BCUT2D eigenvalue weighted by atomic mass is 10.1. The predicted octanol–water partition coefficient (Wildman–Crippen LogP) is 4.13. The van der Waals surface area contributed by atoms with Crippen LogP contribution < -0.4 is 4.74 Å². The first kappa shape index (κ1) is 17.8. The zero-order valence-corrected chi connectivity index (χ0v) is 15.0. The van der Waals surface area contributed by atoms with Crippen molar-refractivity contribution in [2.24, 2.45) is 0 Å². The largest absolute Gasteiger partial charge is 0.494 e. The summed E-state index contributed by atoms with van der Waals surface area (Å²) in [4.78, 5) is 28.3. The van der Waals surface area contributed by atoms with Gasteiger partial charge in [0.25, 0.3) is 0 Å². The molecule has 5 nitrogen and oxygen atoms in total. The Morgan fingerprint density at radius 1 is 1.12 bits per heavy atom. The maximum Gasteiger partial charge on any atom is 0.331 e. The number of carbonyl (C=O) groups is 2. The molecule has 0 aliphatic carbocycles. The molecule has 0 fully saturated rings. The summed E-state index contributed by atoms with van der Waals surface area (Å²) in [6, 6.07) is 14.5. The van der Waals surface area contributed by atoms with Gasteiger partial charge in [-0.25, -0.2) is 9.78 Å². The molecule has 6 heteroatoms. The number of hydrogen-bond donors (Lipinski definition) is 0. The summed E-state index contributed by atoms with van der Waals surface area (Å²) in [5, 5.41) is 0.709. The molecule has 0 unspecified atom stereocenters. The van der Waals surface area contributed by atoms with Crippen molar-refractivity contribution in [3.63, 3.8) is 0 Å². The van der Waals surface area contributed by atoms with E-state index in [1.165, 1.54) is 17.4 Å². The van der Waals surface area contributed by atoms with E-state index in [0.29, 0.717) is 22.9 Å². The number of hydrogen-bond acceptors (Lipinski definition) is 6. The third-order valence-electron chi connectivity index (χ3n) is 3.51. The monoisotopic (exact) mass is 367 g/mol. The minimum atomic E-state index is -0.580. The molecule has 0 atom stereocenters. The number of esters is 1. The van der Waals surface area contributed by atoms with Crippen LogP contribution in [0.3, 0.4) is 0 Å². The van der Waals surface area contributed by atoms with Crippen molar-refractivity contribution in [1.82, 2.24) is 4.98 Å². The molecule has 0 saturated carbocycles. The number of ether oxygens (including phenoxy) is 2. The summed E-state index contributed by atoms with van der Waals surface area (Å²) in [5.74, 6) is -0.154. The Labute approximate surface area is 154 Å². The quantitative estimate of drug-likeness (QED) is 0.357. The number of Topliss-reactive ketones (excluding diaryl/α,β-unsaturated/α-hetero) is 1. The van der Waals surface area contributed by atoms with Gasteiger partial charge in [0.15, 0.2) is 12.4 Å². The molecule has 132 valence electrons. The lowest BCUT2D eigenvalue weighted by Gasteiger charge is -2.04. The van der Waals surface area contributed by atoms with Crippen LogP contribution in [0.5, 0.6) is 5.75 Å². The molecule has 0 N–H and O–H groups in total. The Hall–Kier alpha value is -2.99. The lowest BCUT2D eigenvalue weighted by Crippen LogP contribution is -2.12. The molecule has 2 aromatic carbocycles. The van der Waals surface area contributed by atoms with Gasteiger partial charge in [-0.05, 0) is 49.4 Å². The average molecular weight is 367 g/mol. The molecule has 1 heterocycles. The molecule has 0 spiro atoms. The first-order valence-corrected chi connectivity index (χ1v) is 8.94. The van der Waals surface area contributed by atoms with Gasteiger partial charge >= 0.3 is 5.97 Å². The summed E-state index contributed by atoms with van der Waals surface area (Å²) in [6.45, 7) is 2.14. The Morgan fingerprint density at radius 2 is 1.88 bits per heavy atom. The van der Waals surface area contributed by atoms with Crippen molar-refractivity contribution < 1.29 is 19.1 Å². The van der Waals surface area contributed by atoms with Gasteiger partial charge in [0.1, 0.15) is 10.8 Å². The number of fused-ring (bicyclic) bond motifs is 1. The van der Waals surface area contributed by atoms with Crippen LogP contribution in [0.25, 0.3) is 16.3 Å². The Balaban J connectivity index is 1.53. The number of para-hydroxylation sites is 1. The number of benzene rings is 2. The summed E-state index contributed by atoms with van der Waals surface area (Å²) < 4.78 is 11.4. The normalized spacial score (nSPS) is 11.0. The maximum absolute atomic E-state index is 12.1. The van der Waals surface area contributed by atoms with Crippen molar-refractivity contribution in [1.29, 1.82) is 0 Å². The molecular formula is C20H17NO4S. The van der Waals surface area contributed by atoms with Crippen LogP contribution in [0.2, 0.25) is 0 Å². The van der Waals surface area contributed by atoms with Gasteiger partial charge in [0.2, 0.25) is 0 Å². The summed E-state index contributed by atoms with van der Waals surface area (Å²) in [6.07, 6.45) is 2.87. The van der Waals surface area contributed by atoms with Crippen LogP contribution in [-0.4, -0.2) is 30.0 Å². The van der Waals surface area contributed by atoms with Crippen LogP contribution in [-0.2, 0) is 9.53 Å². The maximum atomic E-state index is 12.1. The second-order valence-electron chi connectivity index (χ2n) is 5.34. The number of nitrogens with zero attached hydrogens (tertiary/aromatic N) is 1. The Bertz CT molecular complexity index is 911. The molecule has 0 radical (unpaired) electrons. The van der Waals surface area contributed by atoms with E-state index in [2.05, 4.69) is 4.98 Å². The zero-order chi connectivity index (χ0) is 18.4. The van der Waals surface area contributed by atoms with Gasteiger partial charge in [-0.3, -0.25) is 4.79 Å². The van der Waals surface area contributed by atoms with E-state index in [4.69, 9.17) is 9.47 Å². The number of carbonyl (C=O) groups excluding carboxylic acids is 2. The van der Waals surface area contributed by atoms with Gasteiger partial charge in [0, 0.05) is 11.6 Å². The second-order valence-corrected chi connectivity index (χ2v) is 6.40. The molecular weight excluding hydrogens is 350 g/mol. The number of rotatable bonds is 7. The molecule has 26 heavy (non-hydrogen) atoms. The fourth-order valence-electron chi connectivity index (χ4n) is 2.27. The van der Waals surface area contributed by atoms with Crippen molar-refractivity contribution in [3.8, 4) is 5.75 Å². The van der Waals surface area contributed by atoms with Gasteiger partial charge in [-0.15, -0.1) is 11.3 Å². The van der Waals surface area contributed by atoms with Crippen LogP contribution in [0, 0.1) is 0 Å². The highest BCUT2D eigenvalue weighted by atomic mass is 32.1. The molecule has 3 aromatic rings. The SMILES string of the molecule is CCOc1ccc(C(=O)COC(=O)/C=C/c2nc3ccccc3s2)cc1. The molecule has 0 aliphatic heterocycles. The number of ketones is 1. The smallest absolute Gasteiger partial charge is 0.331 e. The Morgan fingerprint density at radius 3 is 2.62 bits per heavy atom. The fraction of sp³-hybridized carbons (Fsp3) is 0.150. The predicted molar refractivity (Wildman–Crippen MR) is 102 cm³/mol. The average Bonchev–Trinajstić information content (AvgIpc) is 3.08. The van der Waals surface area contributed by atoms with Crippen LogP contribution in [0.4, 0.5) is 0 Å². The van der Waals surface area contributed by atoms with Gasteiger partial charge in [0.05, 0.1) is 16.8 Å². The fourth-order valence-corrected chi connectivity index (χ4v) is 3.14. The summed E-state index contributed by atoms with van der Waals surface area (Å²) >= 11 is 1.48. The van der Waals surface area contributed by atoms with Crippen molar-refractivity contribution in [2.75, 3.05) is 13.2 Å². The van der Waals surface area contributed by atoms with Crippen molar-refractivity contribution in [3.05, 3.63) is 65.2 Å².